The van der Waals surface area contributed by atoms with Gasteiger partial charge in [-0.1, -0.05) is 26.0 Å². The molecule has 1 aromatic rings. The third-order valence-electron chi connectivity index (χ3n) is 3.39. The fourth-order valence-electron chi connectivity index (χ4n) is 2.08. The van der Waals surface area contributed by atoms with Crippen LogP contribution in [0.2, 0.25) is 0 Å². The lowest BCUT2D eigenvalue weighted by atomic mass is 10.0. The van der Waals surface area contributed by atoms with Crippen molar-refractivity contribution in [2.24, 2.45) is 5.92 Å². The molecule has 0 heterocycles. The molecule has 1 rings (SSSR count). The standard InChI is InChI=1S/C16H25NO3S/c1-4-14(5-2)16(18)17-15-8-6-7-13(11-15)12-21(19)10-9-20-3/h6-8,11,14H,4-5,9-10,12H2,1-3H3,(H,17,18)/t21-/m1/s1. The van der Waals surface area contributed by atoms with Crippen molar-refractivity contribution in [3.8, 4) is 0 Å². The fourth-order valence-corrected chi connectivity index (χ4v) is 3.13. The summed E-state index contributed by atoms with van der Waals surface area (Å²) in [5.41, 5.74) is 1.74. The Hall–Kier alpha value is -1.20. The first-order chi connectivity index (χ1) is 10.1. The maximum atomic E-state index is 12.1. The molecular weight excluding hydrogens is 286 g/mol. The second kappa shape index (κ2) is 9.68. The zero-order chi connectivity index (χ0) is 15.7. The Morgan fingerprint density at radius 3 is 2.67 bits per heavy atom. The second-order valence-electron chi connectivity index (χ2n) is 4.98. The molecule has 0 radical (unpaired) electrons. The first-order valence-electron chi connectivity index (χ1n) is 7.34. The maximum absolute atomic E-state index is 12.1. The minimum absolute atomic E-state index is 0.0458. The van der Waals surface area contributed by atoms with Gasteiger partial charge in [0.25, 0.3) is 0 Å². The molecule has 1 atom stereocenters. The molecule has 0 unspecified atom stereocenters. The molecule has 0 aliphatic carbocycles. The summed E-state index contributed by atoms with van der Waals surface area (Å²) in [6.07, 6.45) is 1.67. The predicted molar refractivity (Wildman–Crippen MR) is 87.7 cm³/mol. The molecular formula is C16H25NO3S. The average molecular weight is 311 g/mol. The van der Waals surface area contributed by atoms with E-state index in [4.69, 9.17) is 4.74 Å². The van der Waals surface area contributed by atoms with Crippen molar-refractivity contribution >= 4 is 22.4 Å². The lowest BCUT2D eigenvalue weighted by Gasteiger charge is -2.13. The van der Waals surface area contributed by atoms with Crippen LogP contribution >= 0.6 is 0 Å². The van der Waals surface area contributed by atoms with Crippen LogP contribution in [0.1, 0.15) is 32.3 Å². The highest BCUT2D eigenvalue weighted by Crippen LogP contribution is 2.16. The van der Waals surface area contributed by atoms with E-state index >= 15 is 0 Å². The van der Waals surface area contributed by atoms with Crippen LogP contribution in [0, 0.1) is 5.92 Å². The van der Waals surface area contributed by atoms with Gasteiger partial charge in [0, 0.05) is 41.0 Å². The number of carbonyl (C=O) groups excluding carboxylic acids is 1. The van der Waals surface area contributed by atoms with Crippen molar-refractivity contribution in [3.63, 3.8) is 0 Å². The van der Waals surface area contributed by atoms with Gasteiger partial charge in [0.05, 0.1) is 6.61 Å². The first-order valence-corrected chi connectivity index (χ1v) is 8.83. The van der Waals surface area contributed by atoms with Gasteiger partial charge in [0.1, 0.15) is 0 Å². The number of amides is 1. The molecule has 0 aromatic heterocycles. The van der Waals surface area contributed by atoms with Crippen molar-refractivity contribution in [3.05, 3.63) is 29.8 Å². The summed E-state index contributed by atoms with van der Waals surface area (Å²) in [5.74, 6) is 1.11. The largest absolute Gasteiger partial charge is 0.384 e. The molecule has 0 aliphatic rings. The molecule has 4 nitrogen and oxygen atoms in total. The lowest BCUT2D eigenvalue weighted by molar-refractivity contribution is -0.120. The topological polar surface area (TPSA) is 55.4 Å². The first kappa shape index (κ1) is 17.9. The number of rotatable bonds is 9. The third kappa shape index (κ3) is 6.40. The van der Waals surface area contributed by atoms with Gasteiger partial charge in [-0.15, -0.1) is 0 Å². The number of benzene rings is 1. The summed E-state index contributed by atoms with van der Waals surface area (Å²) in [5, 5.41) is 2.94. The molecule has 1 amide bonds. The van der Waals surface area contributed by atoms with Crippen molar-refractivity contribution in [1.82, 2.24) is 0 Å². The van der Waals surface area contributed by atoms with E-state index in [0.29, 0.717) is 18.1 Å². The highest BCUT2D eigenvalue weighted by Gasteiger charge is 2.14. The molecule has 5 heteroatoms. The van der Waals surface area contributed by atoms with Crippen molar-refractivity contribution in [2.75, 3.05) is 24.8 Å². The SMILES string of the molecule is CCC(CC)C(=O)Nc1cccc(C[S@](=O)CCOC)c1. The molecule has 0 spiro atoms. The summed E-state index contributed by atoms with van der Waals surface area (Å²) >= 11 is 0. The van der Waals surface area contributed by atoms with Crippen LogP contribution < -0.4 is 5.32 Å². The summed E-state index contributed by atoms with van der Waals surface area (Å²) in [6.45, 7) is 4.53. The Morgan fingerprint density at radius 2 is 2.05 bits per heavy atom. The Kier molecular flexibility index (Phi) is 8.23. The highest BCUT2D eigenvalue weighted by molar-refractivity contribution is 7.84. The molecule has 0 fully saturated rings. The average Bonchev–Trinajstić information content (AvgIpc) is 2.46. The number of methoxy groups -OCH3 is 1. The van der Waals surface area contributed by atoms with Gasteiger partial charge in [-0.2, -0.15) is 0 Å². The fraction of sp³-hybridized carbons (Fsp3) is 0.562. The molecule has 0 saturated heterocycles. The van der Waals surface area contributed by atoms with E-state index in [1.54, 1.807) is 7.11 Å². The normalized spacial score (nSPS) is 12.4. The van der Waals surface area contributed by atoms with Crippen LogP contribution in [0.25, 0.3) is 0 Å². The van der Waals surface area contributed by atoms with Crippen LogP contribution in [-0.2, 0) is 26.1 Å². The van der Waals surface area contributed by atoms with Gasteiger partial charge in [-0.05, 0) is 30.5 Å². The van der Waals surface area contributed by atoms with Crippen molar-refractivity contribution in [2.45, 2.75) is 32.4 Å². The number of hydrogen-bond donors (Lipinski definition) is 1. The predicted octanol–water partition coefficient (Wildman–Crippen LogP) is 2.96. The van der Waals surface area contributed by atoms with Crippen molar-refractivity contribution < 1.29 is 13.7 Å². The van der Waals surface area contributed by atoms with E-state index in [-0.39, 0.29) is 11.8 Å². The highest BCUT2D eigenvalue weighted by atomic mass is 32.2. The second-order valence-corrected chi connectivity index (χ2v) is 6.56. The van der Waals surface area contributed by atoms with Crippen molar-refractivity contribution in [1.29, 1.82) is 0 Å². The Balaban J connectivity index is 2.63. The number of anilines is 1. The quantitative estimate of drug-likeness (QED) is 0.763. The Labute approximate surface area is 129 Å². The van der Waals surface area contributed by atoms with Gasteiger partial charge < -0.3 is 10.1 Å². The van der Waals surface area contributed by atoms with Gasteiger partial charge in [0.2, 0.25) is 5.91 Å². The summed E-state index contributed by atoms with van der Waals surface area (Å²) in [7, 11) is 0.661. The van der Waals surface area contributed by atoms with Gasteiger partial charge in [-0.3, -0.25) is 9.00 Å². The van der Waals surface area contributed by atoms with E-state index < -0.39 is 10.8 Å². The van der Waals surface area contributed by atoms with Crippen LogP contribution in [0.5, 0.6) is 0 Å². The number of nitrogens with one attached hydrogen (secondary N) is 1. The van der Waals surface area contributed by atoms with E-state index in [0.717, 1.165) is 24.1 Å². The summed E-state index contributed by atoms with van der Waals surface area (Å²) in [6, 6.07) is 7.57. The van der Waals surface area contributed by atoms with Crippen LogP contribution in [-0.4, -0.2) is 29.6 Å². The van der Waals surface area contributed by atoms with E-state index in [1.165, 1.54) is 0 Å². The monoisotopic (exact) mass is 311 g/mol. The Bertz CT molecular complexity index is 472. The van der Waals surface area contributed by atoms with Gasteiger partial charge in [0.15, 0.2) is 0 Å². The maximum Gasteiger partial charge on any atom is 0.227 e. The molecule has 1 aromatic carbocycles. The third-order valence-corrected chi connectivity index (χ3v) is 4.67. The van der Waals surface area contributed by atoms with Gasteiger partial charge >= 0.3 is 0 Å². The molecule has 0 bridgehead atoms. The van der Waals surface area contributed by atoms with Gasteiger partial charge in [-0.25, -0.2) is 0 Å². The lowest BCUT2D eigenvalue weighted by Crippen LogP contribution is -2.21. The number of carbonyl (C=O) groups is 1. The minimum atomic E-state index is -0.942. The summed E-state index contributed by atoms with van der Waals surface area (Å²) < 4.78 is 16.8. The molecule has 0 aliphatic heterocycles. The van der Waals surface area contributed by atoms with E-state index in [1.807, 2.05) is 38.1 Å². The zero-order valence-corrected chi connectivity index (χ0v) is 13.9. The smallest absolute Gasteiger partial charge is 0.227 e. The van der Waals surface area contributed by atoms with E-state index in [9.17, 15) is 9.00 Å². The number of hydrogen-bond acceptors (Lipinski definition) is 3. The van der Waals surface area contributed by atoms with Crippen LogP contribution in [0.3, 0.4) is 0 Å². The number of ether oxygens (including phenoxy) is 1. The zero-order valence-electron chi connectivity index (χ0n) is 13.1. The van der Waals surface area contributed by atoms with Crippen LogP contribution in [0.4, 0.5) is 5.69 Å². The minimum Gasteiger partial charge on any atom is -0.384 e. The van der Waals surface area contributed by atoms with Crippen LogP contribution in [0.15, 0.2) is 24.3 Å². The van der Waals surface area contributed by atoms with E-state index in [2.05, 4.69) is 5.32 Å². The molecule has 118 valence electrons. The summed E-state index contributed by atoms with van der Waals surface area (Å²) in [4.78, 5) is 12.1. The Morgan fingerprint density at radius 1 is 1.33 bits per heavy atom. The molecule has 1 N–H and O–H groups in total. The molecule has 0 saturated carbocycles. The molecule has 21 heavy (non-hydrogen) atoms.